The van der Waals surface area contributed by atoms with Crippen LogP contribution >= 0.6 is 38.9 Å². The highest BCUT2D eigenvalue weighted by atomic mass is 79.9. The molecule has 2 aromatic rings. The second kappa shape index (κ2) is 3.62. The van der Waals surface area contributed by atoms with Crippen molar-refractivity contribution in [1.82, 2.24) is 0 Å². The molecule has 3 rings (SSSR count). The number of alkyl halides is 1. The summed E-state index contributed by atoms with van der Waals surface area (Å²) in [4.78, 5) is 1.31. The maximum absolute atomic E-state index is 6.36. The van der Waals surface area contributed by atoms with E-state index in [9.17, 15) is 0 Å². The van der Waals surface area contributed by atoms with Gasteiger partial charge in [-0.3, -0.25) is 0 Å². The lowest BCUT2D eigenvalue weighted by atomic mass is 10.0. The lowest BCUT2D eigenvalue weighted by Crippen LogP contribution is -1.93. The van der Waals surface area contributed by atoms with Crippen LogP contribution in [0.15, 0.2) is 28.7 Å². The van der Waals surface area contributed by atoms with Crippen molar-refractivity contribution >= 4 is 55.0 Å². The molecule has 1 aliphatic carbocycles. The van der Waals surface area contributed by atoms with Crippen molar-refractivity contribution in [2.75, 3.05) is 0 Å². The molecule has 1 heterocycles. The maximum Gasteiger partial charge on any atom is 0.0640 e. The second-order valence-electron chi connectivity index (χ2n) is 3.60. The topological polar surface area (TPSA) is 0 Å². The van der Waals surface area contributed by atoms with E-state index in [1.165, 1.54) is 20.5 Å². The van der Waals surface area contributed by atoms with E-state index in [4.69, 9.17) is 11.6 Å². The Hall–Kier alpha value is -0.310. The van der Waals surface area contributed by atoms with Gasteiger partial charge in [0.2, 0.25) is 0 Å². The molecular formula is C12H8BrClS. The lowest BCUT2D eigenvalue weighted by Gasteiger charge is -2.11. The summed E-state index contributed by atoms with van der Waals surface area (Å²) in [7, 11) is 0. The molecule has 76 valence electrons. The van der Waals surface area contributed by atoms with Gasteiger partial charge in [0.25, 0.3) is 0 Å². The number of thiophene rings is 1. The van der Waals surface area contributed by atoms with Crippen LogP contribution in [0.25, 0.3) is 16.2 Å². The zero-order valence-electron chi connectivity index (χ0n) is 7.84. The highest BCUT2D eigenvalue weighted by molar-refractivity contribution is 9.10. The average Bonchev–Trinajstić information content (AvgIpc) is 2.59. The number of hydrogen-bond donors (Lipinski definition) is 0. The fourth-order valence-electron chi connectivity index (χ4n) is 1.98. The Morgan fingerprint density at radius 1 is 1.40 bits per heavy atom. The van der Waals surface area contributed by atoms with Crippen molar-refractivity contribution in [3.63, 3.8) is 0 Å². The Balaban J connectivity index is 2.42. The third-order valence-corrected chi connectivity index (χ3v) is 5.20. The first-order valence-electron chi connectivity index (χ1n) is 4.79. The number of halogens is 2. The van der Waals surface area contributed by atoms with E-state index < -0.39 is 0 Å². The van der Waals surface area contributed by atoms with E-state index in [0.717, 1.165) is 10.9 Å². The lowest BCUT2D eigenvalue weighted by molar-refractivity contribution is 0.960. The number of benzene rings is 1. The Labute approximate surface area is 106 Å². The molecule has 1 unspecified atom stereocenters. The molecule has 0 nitrogen and oxygen atoms in total. The van der Waals surface area contributed by atoms with Crippen molar-refractivity contribution in [1.29, 1.82) is 0 Å². The van der Waals surface area contributed by atoms with Gasteiger partial charge in [0.05, 0.1) is 5.38 Å². The standard InChI is InChI=1S/C12H8BrClS/c13-8-4-1-3-7-11-9(14)5-2-6-10(11)15-12(7)8/h1-4,6,9H,5H2. The van der Waals surface area contributed by atoms with Crippen molar-refractivity contribution in [3.8, 4) is 0 Å². The predicted octanol–water partition coefficient (Wildman–Crippen LogP) is 5.36. The van der Waals surface area contributed by atoms with Gasteiger partial charge < -0.3 is 0 Å². The minimum atomic E-state index is 0.132. The van der Waals surface area contributed by atoms with Crippen LogP contribution in [-0.2, 0) is 0 Å². The molecule has 3 heteroatoms. The van der Waals surface area contributed by atoms with Crippen LogP contribution in [0.3, 0.4) is 0 Å². The number of rotatable bonds is 0. The predicted molar refractivity (Wildman–Crippen MR) is 71.8 cm³/mol. The smallest absolute Gasteiger partial charge is 0.0640 e. The van der Waals surface area contributed by atoms with E-state index in [2.05, 4.69) is 46.3 Å². The third kappa shape index (κ3) is 1.47. The summed E-state index contributed by atoms with van der Waals surface area (Å²) in [5, 5.41) is 1.43. The van der Waals surface area contributed by atoms with Crippen molar-refractivity contribution in [3.05, 3.63) is 39.2 Å². The van der Waals surface area contributed by atoms with E-state index in [1.807, 2.05) is 11.3 Å². The van der Waals surface area contributed by atoms with Crippen LogP contribution < -0.4 is 0 Å². The minimum Gasteiger partial charge on any atom is -0.134 e. The molecule has 0 spiro atoms. The molecule has 1 atom stereocenters. The highest BCUT2D eigenvalue weighted by Crippen LogP contribution is 2.44. The fraction of sp³-hybridized carbons (Fsp3) is 0.167. The first kappa shape index (κ1) is 9.88. The Morgan fingerprint density at radius 2 is 2.27 bits per heavy atom. The molecule has 0 radical (unpaired) electrons. The van der Waals surface area contributed by atoms with Gasteiger partial charge in [-0.1, -0.05) is 18.2 Å². The molecule has 0 aliphatic heterocycles. The van der Waals surface area contributed by atoms with E-state index in [0.29, 0.717) is 0 Å². The van der Waals surface area contributed by atoms with Gasteiger partial charge in [0.15, 0.2) is 0 Å². The SMILES string of the molecule is ClC1CC=Cc2sc3c(Br)cccc3c21. The minimum absolute atomic E-state index is 0.132. The Bertz CT molecular complexity index is 556. The number of hydrogen-bond acceptors (Lipinski definition) is 1. The summed E-state index contributed by atoms with van der Waals surface area (Å²) in [6, 6.07) is 6.31. The molecule has 1 aromatic heterocycles. The Kier molecular flexibility index (Phi) is 2.38. The van der Waals surface area contributed by atoms with Crippen LogP contribution in [-0.4, -0.2) is 0 Å². The zero-order valence-corrected chi connectivity index (χ0v) is 11.0. The van der Waals surface area contributed by atoms with Crippen molar-refractivity contribution < 1.29 is 0 Å². The number of fused-ring (bicyclic) bond motifs is 3. The monoisotopic (exact) mass is 298 g/mol. The summed E-state index contributed by atoms with van der Waals surface area (Å²) in [5.41, 5.74) is 1.31. The van der Waals surface area contributed by atoms with Crippen molar-refractivity contribution in [2.24, 2.45) is 0 Å². The van der Waals surface area contributed by atoms with Crippen LogP contribution in [0, 0.1) is 0 Å². The van der Waals surface area contributed by atoms with E-state index >= 15 is 0 Å². The van der Waals surface area contributed by atoms with Crippen LogP contribution in [0.2, 0.25) is 0 Å². The third-order valence-electron chi connectivity index (χ3n) is 2.66. The summed E-state index contributed by atoms with van der Waals surface area (Å²) in [5.74, 6) is 0. The first-order chi connectivity index (χ1) is 7.27. The molecule has 0 saturated carbocycles. The molecule has 0 amide bonds. The van der Waals surface area contributed by atoms with Crippen LogP contribution in [0.1, 0.15) is 22.2 Å². The molecule has 0 saturated heterocycles. The van der Waals surface area contributed by atoms with Gasteiger partial charge in [-0.15, -0.1) is 22.9 Å². The number of allylic oxidation sites excluding steroid dienone is 1. The fourth-order valence-corrected chi connectivity index (χ4v) is 4.19. The summed E-state index contributed by atoms with van der Waals surface area (Å²) in [6.45, 7) is 0. The average molecular weight is 300 g/mol. The van der Waals surface area contributed by atoms with Crippen LogP contribution in [0.4, 0.5) is 0 Å². The molecule has 15 heavy (non-hydrogen) atoms. The van der Waals surface area contributed by atoms with Gasteiger partial charge in [-0.25, -0.2) is 0 Å². The second-order valence-corrected chi connectivity index (χ2v) is 6.04. The molecule has 0 N–H and O–H groups in total. The first-order valence-corrected chi connectivity index (χ1v) is 6.83. The quantitative estimate of drug-likeness (QED) is 0.574. The normalized spacial score (nSPS) is 19.5. The molecule has 0 bridgehead atoms. The zero-order chi connectivity index (χ0) is 10.4. The Morgan fingerprint density at radius 3 is 3.13 bits per heavy atom. The van der Waals surface area contributed by atoms with Gasteiger partial charge in [0.1, 0.15) is 0 Å². The van der Waals surface area contributed by atoms with Gasteiger partial charge in [0, 0.05) is 14.0 Å². The highest BCUT2D eigenvalue weighted by Gasteiger charge is 2.20. The molecule has 1 aromatic carbocycles. The maximum atomic E-state index is 6.36. The summed E-state index contributed by atoms with van der Waals surface area (Å²) >= 11 is 11.8. The van der Waals surface area contributed by atoms with Crippen LogP contribution in [0.5, 0.6) is 0 Å². The van der Waals surface area contributed by atoms with Gasteiger partial charge in [-0.2, -0.15) is 0 Å². The largest absolute Gasteiger partial charge is 0.134 e. The van der Waals surface area contributed by atoms with E-state index in [-0.39, 0.29) is 5.38 Å². The molecule has 1 aliphatic rings. The van der Waals surface area contributed by atoms with Gasteiger partial charge >= 0.3 is 0 Å². The summed E-state index contributed by atoms with van der Waals surface area (Å²) < 4.78 is 2.47. The molecule has 0 fully saturated rings. The van der Waals surface area contributed by atoms with E-state index in [1.54, 1.807) is 0 Å². The molecular weight excluding hydrogens is 292 g/mol. The summed E-state index contributed by atoms with van der Waals surface area (Å²) in [6.07, 6.45) is 5.28. The van der Waals surface area contributed by atoms with Crippen molar-refractivity contribution in [2.45, 2.75) is 11.8 Å². The van der Waals surface area contributed by atoms with Gasteiger partial charge in [-0.05, 0) is 45.4 Å².